The molecule has 0 fully saturated rings. The molecule has 1 aromatic carbocycles. The van der Waals surface area contributed by atoms with Crippen molar-refractivity contribution < 1.29 is 14.7 Å². The van der Waals surface area contributed by atoms with E-state index in [2.05, 4.69) is 5.32 Å². The summed E-state index contributed by atoms with van der Waals surface area (Å²) in [5, 5.41) is 12.3. The van der Waals surface area contributed by atoms with E-state index in [0.717, 1.165) is 17.7 Å². The maximum atomic E-state index is 12.6. The third kappa shape index (κ3) is 2.99. The van der Waals surface area contributed by atoms with E-state index in [1.54, 1.807) is 16.3 Å². The van der Waals surface area contributed by atoms with Crippen molar-refractivity contribution in [1.82, 2.24) is 9.88 Å². The van der Waals surface area contributed by atoms with Crippen LogP contribution in [0.15, 0.2) is 36.4 Å². The highest BCUT2D eigenvalue weighted by atomic mass is 32.2. The van der Waals surface area contributed by atoms with Crippen LogP contribution in [0.2, 0.25) is 0 Å². The summed E-state index contributed by atoms with van der Waals surface area (Å²) in [6.45, 7) is 2.01. The quantitative estimate of drug-likeness (QED) is 0.882. The SMILES string of the molecule is CCC(NC(=O)c1cc(C(=O)O)c2n1CSC2)c1ccccc1. The number of nitrogens with one attached hydrogen (secondary N) is 1. The van der Waals surface area contributed by atoms with Gasteiger partial charge in [0.1, 0.15) is 5.69 Å². The summed E-state index contributed by atoms with van der Waals surface area (Å²) in [7, 11) is 0. The molecule has 1 aromatic heterocycles. The summed E-state index contributed by atoms with van der Waals surface area (Å²) in [5.41, 5.74) is 2.43. The van der Waals surface area contributed by atoms with Gasteiger partial charge in [0.05, 0.1) is 17.5 Å². The molecule has 1 amide bonds. The van der Waals surface area contributed by atoms with Crippen molar-refractivity contribution >= 4 is 23.6 Å². The number of carbonyl (C=O) groups excluding carboxylic acids is 1. The lowest BCUT2D eigenvalue weighted by Gasteiger charge is -2.17. The Morgan fingerprint density at radius 3 is 2.74 bits per heavy atom. The van der Waals surface area contributed by atoms with Gasteiger partial charge in [-0.3, -0.25) is 4.79 Å². The lowest BCUT2D eigenvalue weighted by atomic mass is 10.0. The molecule has 0 radical (unpaired) electrons. The molecule has 1 atom stereocenters. The average molecular weight is 330 g/mol. The van der Waals surface area contributed by atoms with Crippen LogP contribution in [-0.4, -0.2) is 21.6 Å². The van der Waals surface area contributed by atoms with E-state index in [0.29, 0.717) is 17.3 Å². The number of amides is 1. The first-order valence-electron chi connectivity index (χ1n) is 7.51. The van der Waals surface area contributed by atoms with Crippen molar-refractivity contribution in [3.05, 3.63) is 58.9 Å². The number of hydrogen-bond acceptors (Lipinski definition) is 3. The van der Waals surface area contributed by atoms with Gasteiger partial charge >= 0.3 is 5.97 Å². The Morgan fingerprint density at radius 2 is 2.09 bits per heavy atom. The molecular formula is C17H18N2O3S. The molecule has 6 heteroatoms. The Labute approximate surface area is 138 Å². The third-order valence-electron chi connectivity index (χ3n) is 4.05. The van der Waals surface area contributed by atoms with E-state index in [1.807, 2.05) is 37.3 Å². The van der Waals surface area contributed by atoms with E-state index in [9.17, 15) is 14.7 Å². The van der Waals surface area contributed by atoms with Crippen LogP contribution in [0.25, 0.3) is 0 Å². The number of carboxylic acids is 1. The predicted octanol–water partition coefficient (Wildman–Crippen LogP) is 3.27. The zero-order valence-electron chi connectivity index (χ0n) is 12.8. The van der Waals surface area contributed by atoms with E-state index >= 15 is 0 Å². The lowest BCUT2D eigenvalue weighted by molar-refractivity contribution is 0.0696. The molecule has 3 rings (SSSR count). The molecule has 2 N–H and O–H groups in total. The highest BCUT2D eigenvalue weighted by Gasteiger charge is 2.27. The maximum absolute atomic E-state index is 12.6. The Bertz CT molecular complexity index is 740. The number of carbonyl (C=O) groups is 2. The topological polar surface area (TPSA) is 71.3 Å². The number of hydrogen-bond donors (Lipinski definition) is 2. The fraction of sp³-hybridized carbons (Fsp3) is 0.294. The first-order chi connectivity index (χ1) is 11.1. The van der Waals surface area contributed by atoms with Gasteiger partial charge in [0.15, 0.2) is 0 Å². The zero-order chi connectivity index (χ0) is 16.4. The smallest absolute Gasteiger partial charge is 0.337 e. The van der Waals surface area contributed by atoms with Crippen molar-refractivity contribution in [2.24, 2.45) is 0 Å². The average Bonchev–Trinajstić information content (AvgIpc) is 3.15. The highest BCUT2D eigenvalue weighted by Crippen LogP contribution is 2.30. The fourth-order valence-corrected chi connectivity index (χ4v) is 3.91. The fourth-order valence-electron chi connectivity index (χ4n) is 2.84. The monoisotopic (exact) mass is 330 g/mol. The number of fused-ring (bicyclic) bond motifs is 1. The molecule has 0 spiro atoms. The normalized spacial score (nSPS) is 14.3. The van der Waals surface area contributed by atoms with Gasteiger partial charge in [0.25, 0.3) is 5.91 Å². The molecule has 0 saturated carbocycles. The molecular weight excluding hydrogens is 312 g/mol. The summed E-state index contributed by atoms with van der Waals surface area (Å²) in [6, 6.07) is 11.2. The minimum absolute atomic E-state index is 0.0859. The Morgan fingerprint density at radius 1 is 1.35 bits per heavy atom. The number of thioether (sulfide) groups is 1. The second-order valence-electron chi connectivity index (χ2n) is 5.45. The highest BCUT2D eigenvalue weighted by molar-refractivity contribution is 7.97. The van der Waals surface area contributed by atoms with Gasteiger partial charge in [-0.25, -0.2) is 4.79 Å². The zero-order valence-corrected chi connectivity index (χ0v) is 13.6. The second-order valence-corrected chi connectivity index (χ2v) is 6.40. The lowest BCUT2D eigenvalue weighted by Crippen LogP contribution is -2.29. The molecule has 2 aromatic rings. The molecule has 0 saturated heterocycles. The third-order valence-corrected chi connectivity index (χ3v) is 4.96. The number of rotatable bonds is 5. The number of aromatic carboxylic acids is 1. The molecule has 120 valence electrons. The van der Waals surface area contributed by atoms with Gasteiger partial charge in [0.2, 0.25) is 0 Å². The van der Waals surface area contributed by atoms with Crippen LogP contribution >= 0.6 is 11.8 Å². The minimum atomic E-state index is -0.981. The minimum Gasteiger partial charge on any atom is -0.478 e. The van der Waals surface area contributed by atoms with Crippen LogP contribution in [0.3, 0.4) is 0 Å². The first-order valence-corrected chi connectivity index (χ1v) is 8.66. The summed E-state index contributed by atoms with van der Waals surface area (Å²) in [6.07, 6.45) is 0.768. The molecule has 1 aliphatic heterocycles. The van der Waals surface area contributed by atoms with Crippen molar-refractivity contribution in [2.45, 2.75) is 31.0 Å². The number of aromatic nitrogens is 1. The first kappa shape index (κ1) is 15.7. The van der Waals surface area contributed by atoms with E-state index in [1.165, 1.54) is 6.07 Å². The molecule has 0 aliphatic carbocycles. The van der Waals surface area contributed by atoms with Gasteiger partial charge in [-0.15, -0.1) is 11.8 Å². The Balaban J connectivity index is 1.86. The van der Waals surface area contributed by atoms with Gasteiger partial charge < -0.3 is 15.0 Å². The number of nitrogens with zero attached hydrogens (tertiary/aromatic N) is 1. The molecule has 0 bridgehead atoms. The van der Waals surface area contributed by atoms with Crippen molar-refractivity contribution in [3.8, 4) is 0 Å². The van der Waals surface area contributed by atoms with Gasteiger partial charge in [-0.05, 0) is 18.1 Å². The van der Waals surface area contributed by atoms with Crippen LogP contribution in [0.5, 0.6) is 0 Å². The van der Waals surface area contributed by atoms with Crippen LogP contribution < -0.4 is 5.32 Å². The van der Waals surface area contributed by atoms with Crippen LogP contribution in [0, 0.1) is 0 Å². The van der Waals surface area contributed by atoms with Crippen molar-refractivity contribution in [1.29, 1.82) is 0 Å². The molecule has 1 unspecified atom stereocenters. The maximum Gasteiger partial charge on any atom is 0.337 e. The largest absolute Gasteiger partial charge is 0.478 e. The summed E-state index contributed by atoms with van der Waals surface area (Å²) in [5.74, 6) is 0.0422. The molecule has 23 heavy (non-hydrogen) atoms. The molecule has 2 heterocycles. The van der Waals surface area contributed by atoms with Gasteiger partial charge in [-0.2, -0.15) is 0 Å². The summed E-state index contributed by atoms with van der Waals surface area (Å²) < 4.78 is 1.81. The van der Waals surface area contributed by atoms with Crippen molar-refractivity contribution in [3.63, 3.8) is 0 Å². The number of benzene rings is 1. The Hall–Kier alpha value is -2.21. The summed E-state index contributed by atoms with van der Waals surface area (Å²) >= 11 is 1.61. The van der Waals surface area contributed by atoms with Crippen LogP contribution in [0.4, 0.5) is 0 Å². The molecule has 5 nitrogen and oxygen atoms in total. The summed E-state index contributed by atoms with van der Waals surface area (Å²) in [4.78, 5) is 24.0. The van der Waals surface area contributed by atoms with Crippen molar-refractivity contribution in [2.75, 3.05) is 0 Å². The van der Waals surface area contributed by atoms with E-state index < -0.39 is 5.97 Å². The van der Waals surface area contributed by atoms with Gasteiger partial charge in [0, 0.05) is 11.4 Å². The predicted molar refractivity (Wildman–Crippen MR) is 89.6 cm³/mol. The van der Waals surface area contributed by atoms with E-state index in [-0.39, 0.29) is 17.5 Å². The number of carboxylic acid groups (broad SMARTS) is 1. The van der Waals surface area contributed by atoms with Crippen LogP contribution in [0.1, 0.15) is 51.5 Å². The van der Waals surface area contributed by atoms with Gasteiger partial charge in [-0.1, -0.05) is 37.3 Å². The Kier molecular flexibility index (Phi) is 4.43. The second kappa shape index (κ2) is 6.50. The standard InChI is InChI=1S/C17H18N2O3S/c1-2-13(11-6-4-3-5-7-11)18-16(20)14-8-12(17(21)22)15-9-23-10-19(14)15/h3-8,13H,2,9-10H2,1H3,(H,18,20)(H,21,22). The van der Waals surface area contributed by atoms with Crippen LogP contribution in [-0.2, 0) is 11.6 Å². The van der Waals surface area contributed by atoms with E-state index in [4.69, 9.17) is 0 Å². The molecule has 1 aliphatic rings.